The van der Waals surface area contributed by atoms with Gasteiger partial charge in [-0.25, -0.2) is 4.79 Å². The molecule has 1 saturated carbocycles. The summed E-state index contributed by atoms with van der Waals surface area (Å²) < 4.78 is 11.8. The van der Waals surface area contributed by atoms with E-state index in [-0.39, 0.29) is 17.6 Å². The van der Waals surface area contributed by atoms with Crippen molar-refractivity contribution < 1.29 is 19.1 Å². The molecule has 1 aromatic rings. The Hall–Kier alpha value is -1.64. The molecule has 1 aromatic heterocycles. The zero-order chi connectivity index (χ0) is 21.7. The number of thiophene rings is 1. The summed E-state index contributed by atoms with van der Waals surface area (Å²) in [6.07, 6.45) is 3.19. The number of hydrogen-bond acceptors (Lipinski definition) is 6. The first kappa shape index (κ1) is 21.6. The molecule has 7 nitrogen and oxygen atoms in total. The van der Waals surface area contributed by atoms with Crippen molar-refractivity contribution in [1.29, 1.82) is 0 Å². The standard InChI is InChI=1S/C22H33N3O4S/c1-21(2,3)29-20(27)25-12-16(13-25)24-10-14-6-5-7-15(11-24)22(14,28-4)18-9-8-17(30-18)19(23)26/h8-9,14-16H,5-7,10-13H2,1-4H3,(H2,23,26)/t14-,15+,22-. The van der Waals surface area contributed by atoms with Gasteiger partial charge < -0.3 is 20.1 Å². The highest BCUT2D eigenvalue weighted by atomic mass is 32.1. The molecule has 2 bridgehead atoms. The Labute approximate surface area is 182 Å². The highest BCUT2D eigenvalue weighted by Gasteiger charge is 2.55. The van der Waals surface area contributed by atoms with E-state index in [1.807, 2.05) is 32.9 Å². The van der Waals surface area contributed by atoms with Crippen molar-refractivity contribution in [3.05, 3.63) is 21.9 Å². The molecule has 8 heteroatoms. The minimum Gasteiger partial charge on any atom is -0.444 e. The fraction of sp³-hybridized carbons (Fsp3) is 0.727. The van der Waals surface area contributed by atoms with Crippen molar-refractivity contribution in [3.8, 4) is 0 Å². The minimum atomic E-state index is -0.465. The van der Waals surface area contributed by atoms with Crippen LogP contribution < -0.4 is 5.73 Å². The average molecular weight is 436 g/mol. The van der Waals surface area contributed by atoms with Gasteiger partial charge in [-0.3, -0.25) is 9.69 Å². The molecule has 4 rings (SSSR count). The molecule has 30 heavy (non-hydrogen) atoms. The molecule has 3 heterocycles. The van der Waals surface area contributed by atoms with Gasteiger partial charge in [-0.2, -0.15) is 0 Å². The predicted molar refractivity (Wildman–Crippen MR) is 116 cm³/mol. The lowest BCUT2D eigenvalue weighted by molar-refractivity contribution is -0.178. The van der Waals surface area contributed by atoms with E-state index >= 15 is 0 Å². The summed E-state index contributed by atoms with van der Waals surface area (Å²) >= 11 is 1.48. The Kier molecular flexibility index (Phi) is 5.61. The number of nitrogens with two attached hydrogens (primary N) is 1. The Balaban J connectivity index is 1.46. The quantitative estimate of drug-likeness (QED) is 0.786. The summed E-state index contributed by atoms with van der Waals surface area (Å²) in [5, 5.41) is 0. The molecule has 0 aromatic carbocycles. The first-order valence-corrected chi connectivity index (χ1v) is 11.6. The maximum atomic E-state index is 12.3. The van der Waals surface area contributed by atoms with Crippen LogP contribution in [0.5, 0.6) is 0 Å². The molecule has 2 saturated heterocycles. The van der Waals surface area contributed by atoms with E-state index in [0.717, 1.165) is 43.9 Å². The van der Waals surface area contributed by atoms with Crippen molar-refractivity contribution in [2.24, 2.45) is 17.6 Å². The van der Waals surface area contributed by atoms with E-state index in [0.29, 0.717) is 22.8 Å². The summed E-state index contributed by atoms with van der Waals surface area (Å²) in [7, 11) is 1.80. The number of hydrogen-bond donors (Lipinski definition) is 1. The topological polar surface area (TPSA) is 85.1 Å². The van der Waals surface area contributed by atoms with Gasteiger partial charge in [0.2, 0.25) is 0 Å². The summed E-state index contributed by atoms with van der Waals surface area (Å²) in [6.45, 7) is 9.02. The number of likely N-dealkylation sites (tertiary alicyclic amines) is 2. The van der Waals surface area contributed by atoms with Gasteiger partial charge >= 0.3 is 6.09 Å². The predicted octanol–water partition coefficient (Wildman–Crippen LogP) is 3.04. The van der Waals surface area contributed by atoms with Crippen molar-refractivity contribution in [2.45, 2.75) is 57.3 Å². The number of primary amides is 1. The normalized spacial score (nSPS) is 30.1. The molecule has 3 aliphatic rings. The third kappa shape index (κ3) is 3.74. The van der Waals surface area contributed by atoms with Crippen LogP contribution in [0.2, 0.25) is 0 Å². The lowest BCUT2D eigenvalue weighted by Crippen LogP contribution is -2.67. The summed E-state index contributed by atoms with van der Waals surface area (Å²) in [6, 6.07) is 4.23. The largest absolute Gasteiger partial charge is 0.444 e. The molecule has 3 fully saturated rings. The zero-order valence-electron chi connectivity index (χ0n) is 18.3. The Morgan fingerprint density at radius 1 is 1.13 bits per heavy atom. The van der Waals surface area contributed by atoms with Crippen LogP contribution in [0.15, 0.2) is 12.1 Å². The van der Waals surface area contributed by atoms with Gasteiger partial charge in [0.15, 0.2) is 0 Å². The average Bonchev–Trinajstić information content (AvgIpc) is 3.08. The minimum absolute atomic E-state index is 0.222. The number of methoxy groups -OCH3 is 1. The fourth-order valence-corrected chi connectivity index (χ4v) is 6.63. The third-order valence-electron chi connectivity index (χ3n) is 6.83. The number of carbonyl (C=O) groups is 2. The Morgan fingerprint density at radius 2 is 1.77 bits per heavy atom. The van der Waals surface area contributed by atoms with Gasteiger partial charge in [0.25, 0.3) is 5.91 Å². The van der Waals surface area contributed by atoms with Crippen LogP contribution in [-0.2, 0) is 15.1 Å². The molecule has 3 atom stereocenters. The molecular weight excluding hydrogens is 402 g/mol. The number of ether oxygens (including phenoxy) is 2. The first-order valence-electron chi connectivity index (χ1n) is 10.8. The van der Waals surface area contributed by atoms with Gasteiger partial charge in [-0.05, 0) is 45.7 Å². The number of fused-ring (bicyclic) bond motifs is 2. The van der Waals surface area contributed by atoms with E-state index in [4.69, 9.17) is 15.2 Å². The number of piperidine rings is 1. The van der Waals surface area contributed by atoms with E-state index in [9.17, 15) is 9.59 Å². The number of nitrogens with zero attached hydrogens (tertiary/aromatic N) is 2. The van der Waals surface area contributed by atoms with Gasteiger partial charge in [0.1, 0.15) is 11.2 Å². The molecular formula is C22H33N3O4S. The van der Waals surface area contributed by atoms with Crippen molar-refractivity contribution >= 4 is 23.3 Å². The Morgan fingerprint density at radius 3 is 2.27 bits per heavy atom. The van der Waals surface area contributed by atoms with E-state index < -0.39 is 5.60 Å². The fourth-order valence-electron chi connectivity index (χ4n) is 5.44. The second-order valence-corrected chi connectivity index (χ2v) is 10.9. The van der Waals surface area contributed by atoms with Gasteiger partial charge in [0.05, 0.1) is 4.88 Å². The molecule has 0 unspecified atom stereocenters. The molecule has 2 amide bonds. The molecule has 2 aliphatic heterocycles. The lowest BCUT2D eigenvalue weighted by Gasteiger charge is -2.58. The summed E-state index contributed by atoms with van der Waals surface area (Å²) in [5.41, 5.74) is 4.69. The van der Waals surface area contributed by atoms with E-state index in [2.05, 4.69) is 4.90 Å². The van der Waals surface area contributed by atoms with Crippen LogP contribution in [0.1, 0.15) is 54.6 Å². The number of rotatable bonds is 4. The third-order valence-corrected chi connectivity index (χ3v) is 8.06. The van der Waals surface area contributed by atoms with E-state index in [1.54, 1.807) is 12.0 Å². The van der Waals surface area contributed by atoms with Crippen LogP contribution >= 0.6 is 11.3 Å². The van der Waals surface area contributed by atoms with Crippen molar-refractivity contribution in [3.63, 3.8) is 0 Å². The van der Waals surface area contributed by atoms with Crippen LogP contribution in [0.4, 0.5) is 4.79 Å². The molecule has 0 spiro atoms. The van der Waals surface area contributed by atoms with Gasteiger partial charge in [-0.15, -0.1) is 11.3 Å². The highest BCUT2D eigenvalue weighted by Crippen LogP contribution is 2.53. The number of amides is 2. The van der Waals surface area contributed by atoms with Crippen molar-refractivity contribution in [1.82, 2.24) is 9.80 Å². The maximum absolute atomic E-state index is 12.3. The molecule has 0 radical (unpaired) electrons. The first-order chi connectivity index (χ1) is 14.1. The zero-order valence-corrected chi connectivity index (χ0v) is 19.2. The molecule has 1 aliphatic carbocycles. The maximum Gasteiger partial charge on any atom is 0.410 e. The monoisotopic (exact) mass is 435 g/mol. The second-order valence-electron chi connectivity index (χ2n) is 9.84. The SMILES string of the molecule is CO[C@]1(c2ccc(C(N)=O)s2)[C@@H]2CCC[C@H]1CN(C1CN(C(=O)OC(C)(C)C)C1)C2. The van der Waals surface area contributed by atoms with Gasteiger partial charge in [-0.1, -0.05) is 6.42 Å². The Bertz CT molecular complexity index is 798. The summed E-state index contributed by atoms with van der Waals surface area (Å²) in [4.78, 5) is 30.0. The van der Waals surface area contributed by atoms with Crippen molar-refractivity contribution in [2.75, 3.05) is 33.3 Å². The van der Waals surface area contributed by atoms with Crippen LogP contribution in [0.25, 0.3) is 0 Å². The van der Waals surface area contributed by atoms with Crippen LogP contribution in [0.3, 0.4) is 0 Å². The smallest absolute Gasteiger partial charge is 0.410 e. The lowest BCUT2D eigenvalue weighted by atomic mass is 9.64. The molecule has 2 N–H and O–H groups in total. The highest BCUT2D eigenvalue weighted by molar-refractivity contribution is 7.14. The molecule has 166 valence electrons. The second kappa shape index (κ2) is 7.80. The number of carbonyl (C=O) groups excluding carboxylic acids is 2. The van der Waals surface area contributed by atoms with Crippen LogP contribution in [0, 0.1) is 11.8 Å². The van der Waals surface area contributed by atoms with E-state index in [1.165, 1.54) is 17.8 Å². The van der Waals surface area contributed by atoms with Gasteiger partial charge in [0, 0.05) is 56.0 Å². The summed E-state index contributed by atoms with van der Waals surface area (Å²) in [5.74, 6) is 0.353. The van der Waals surface area contributed by atoms with Crippen LogP contribution in [-0.4, -0.2) is 66.7 Å².